The van der Waals surface area contributed by atoms with Crippen LogP contribution in [0.5, 0.6) is 0 Å². The van der Waals surface area contributed by atoms with Crippen molar-refractivity contribution in [3.63, 3.8) is 0 Å². The molecule has 0 aliphatic carbocycles. The Morgan fingerprint density at radius 1 is 1.14 bits per heavy atom. The van der Waals surface area contributed by atoms with Crippen molar-refractivity contribution < 1.29 is 9.13 Å². The monoisotopic (exact) mass is 392 g/mol. The minimum Gasteiger partial charge on any atom is -0.373 e. The van der Waals surface area contributed by atoms with Crippen LogP contribution >= 0.6 is 0 Å². The van der Waals surface area contributed by atoms with Crippen LogP contribution in [0.1, 0.15) is 42.6 Å². The highest BCUT2D eigenvalue weighted by Crippen LogP contribution is 2.37. The van der Waals surface area contributed by atoms with Crippen LogP contribution in [0.2, 0.25) is 0 Å². The average molecular weight is 393 g/mol. The number of ether oxygens (including phenoxy) is 1. The molecule has 1 fully saturated rings. The molecule has 4 heteroatoms. The molecule has 1 atom stereocenters. The highest BCUT2D eigenvalue weighted by Gasteiger charge is 2.36. The summed E-state index contributed by atoms with van der Waals surface area (Å²) in [6.45, 7) is 6.87. The van der Waals surface area contributed by atoms with E-state index in [2.05, 4.69) is 49.0 Å². The van der Waals surface area contributed by atoms with E-state index in [0.717, 1.165) is 42.4 Å². The van der Waals surface area contributed by atoms with Gasteiger partial charge in [0.05, 0.1) is 18.2 Å². The Morgan fingerprint density at radius 3 is 2.59 bits per heavy atom. The number of rotatable bonds is 5. The summed E-state index contributed by atoms with van der Waals surface area (Å²) in [7, 11) is 2.16. The van der Waals surface area contributed by atoms with E-state index < -0.39 is 0 Å². The van der Waals surface area contributed by atoms with Gasteiger partial charge in [0.15, 0.2) is 0 Å². The van der Waals surface area contributed by atoms with E-state index in [-0.39, 0.29) is 17.3 Å². The third-order valence-corrected chi connectivity index (χ3v) is 6.33. The Morgan fingerprint density at radius 2 is 1.86 bits per heavy atom. The Hall–Kier alpha value is -2.30. The number of piperidine rings is 1. The first-order valence-corrected chi connectivity index (χ1v) is 10.4. The van der Waals surface area contributed by atoms with Gasteiger partial charge in [-0.3, -0.25) is 4.98 Å². The normalized spacial score (nSPS) is 18.1. The number of aryl methyl sites for hydroxylation is 1. The van der Waals surface area contributed by atoms with Crippen LogP contribution in [0.25, 0.3) is 10.9 Å². The lowest BCUT2D eigenvalue weighted by Crippen LogP contribution is -2.44. The summed E-state index contributed by atoms with van der Waals surface area (Å²) < 4.78 is 20.0. The van der Waals surface area contributed by atoms with E-state index >= 15 is 0 Å². The maximum Gasteiger partial charge on any atom is 0.123 e. The van der Waals surface area contributed by atoms with Crippen molar-refractivity contribution in [3.05, 3.63) is 77.2 Å². The topological polar surface area (TPSA) is 25.4 Å². The van der Waals surface area contributed by atoms with Gasteiger partial charge >= 0.3 is 0 Å². The highest BCUT2D eigenvalue weighted by atomic mass is 19.1. The third kappa shape index (κ3) is 4.19. The first-order valence-electron chi connectivity index (χ1n) is 10.4. The first kappa shape index (κ1) is 20.0. The number of hydrogen-bond donors (Lipinski definition) is 0. The summed E-state index contributed by atoms with van der Waals surface area (Å²) in [6, 6.07) is 15.4. The molecule has 0 bridgehead atoms. The maximum atomic E-state index is 13.5. The van der Waals surface area contributed by atoms with Crippen molar-refractivity contribution in [2.24, 2.45) is 0 Å². The van der Waals surface area contributed by atoms with E-state index in [1.807, 2.05) is 24.4 Å². The molecule has 1 aliphatic heterocycles. The summed E-state index contributed by atoms with van der Waals surface area (Å²) in [4.78, 5) is 6.96. The van der Waals surface area contributed by atoms with Gasteiger partial charge < -0.3 is 9.64 Å². The van der Waals surface area contributed by atoms with Crippen molar-refractivity contribution in [1.29, 1.82) is 0 Å². The van der Waals surface area contributed by atoms with Crippen LogP contribution in [0, 0.1) is 12.7 Å². The largest absolute Gasteiger partial charge is 0.373 e. The fraction of sp³-hybridized carbons (Fsp3) is 0.400. The Kier molecular flexibility index (Phi) is 5.66. The van der Waals surface area contributed by atoms with Crippen molar-refractivity contribution in [2.45, 2.75) is 38.2 Å². The molecule has 0 amide bonds. The molecule has 2 aromatic carbocycles. The van der Waals surface area contributed by atoms with Crippen molar-refractivity contribution >= 4 is 10.9 Å². The van der Waals surface area contributed by atoms with Gasteiger partial charge in [-0.1, -0.05) is 29.8 Å². The molecule has 0 radical (unpaired) electrons. The van der Waals surface area contributed by atoms with Crippen LogP contribution in [0.3, 0.4) is 0 Å². The number of pyridine rings is 1. The number of nitrogens with zero attached hydrogens (tertiary/aromatic N) is 2. The Labute approximate surface area is 172 Å². The summed E-state index contributed by atoms with van der Waals surface area (Å²) in [5.41, 5.74) is 4.43. The van der Waals surface area contributed by atoms with Crippen LogP contribution < -0.4 is 0 Å². The minimum atomic E-state index is -0.191. The summed E-state index contributed by atoms with van der Waals surface area (Å²) in [5, 5.41) is 1.14. The maximum absolute atomic E-state index is 13.5. The average Bonchev–Trinajstić information content (AvgIpc) is 2.73. The quantitative estimate of drug-likeness (QED) is 0.579. The van der Waals surface area contributed by atoms with Gasteiger partial charge in [0.25, 0.3) is 0 Å². The molecule has 4 rings (SSSR count). The Bertz CT molecular complexity index is 978. The molecule has 1 aromatic heterocycles. The molecule has 1 unspecified atom stereocenters. The molecule has 0 N–H and O–H groups in total. The second kappa shape index (κ2) is 8.21. The fourth-order valence-electron chi connectivity index (χ4n) is 4.43. The van der Waals surface area contributed by atoms with Gasteiger partial charge in [-0.2, -0.15) is 0 Å². The molecule has 0 saturated carbocycles. The third-order valence-electron chi connectivity index (χ3n) is 6.33. The van der Waals surface area contributed by atoms with Crippen LogP contribution in [-0.2, 0) is 10.2 Å². The fourth-order valence-corrected chi connectivity index (χ4v) is 4.43. The number of halogens is 1. The van der Waals surface area contributed by atoms with Crippen molar-refractivity contribution in [1.82, 2.24) is 9.88 Å². The number of benzene rings is 2. The molecule has 1 saturated heterocycles. The van der Waals surface area contributed by atoms with Gasteiger partial charge in [-0.05, 0) is 76.7 Å². The molecule has 2 heterocycles. The lowest BCUT2D eigenvalue weighted by Gasteiger charge is -2.41. The number of likely N-dealkylation sites (tertiary alicyclic amines) is 1. The zero-order valence-corrected chi connectivity index (χ0v) is 17.5. The molecule has 152 valence electrons. The Balaban J connectivity index is 1.60. The zero-order chi connectivity index (χ0) is 20.4. The summed E-state index contributed by atoms with van der Waals surface area (Å²) >= 11 is 0. The molecule has 3 aromatic rings. The van der Waals surface area contributed by atoms with Gasteiger partial charge in [0, 0.05) is 22.6 Å². The van der Waals surface area contributed by atoms with E-state index in [9.17, 15) is 4.39 Å². The van der Waals surface area contributed by atoms with Gasteiger partial charge in [0.2, 0.25) is 0 Å². The second-order valence-corrected chi connectivity index (χ2v) is 8.47. The van der Waals surface area contributed by atoms with E-state index in [1.165, 1.54) is 11.1 Å². The van der Waals surface area contributed by atoms with Crippen molar-refractivity contribution in [2.75, 3.05) is 26.7 Å². The molecular formula is C25H29FN2O. The second-order valence-electron chi connectivity index (χ2n) is 8.47. The minimum absolute atomic E-state index is 0.0655. The van der Waals surface area contributed by atoms with E-state index in [4.69, 9.17) is 4.74 Å². The van der Waals surface area contributed by atoms with E-state index in [0.29, 0.717) is 6.61 Å². The SMILES string of the molecule is Cc1cc(C(C)OCC2(c3ccc(F)cc3)CCN(C)CC2)c2ncccc2c1. The number of aromatic nitrogens is 1. The molecule has 29 heavy (non-hydrogen) atoms. The number of hydrogen-bond acceptors (Lipinski definition) is 3. The molecule has 0 spiro atoms. The zero-order valence-electron chi connectivity index (χ0n) is 17.5. The standard InChI is InChI=1S/C25H29FN2O/c1-18-15-20-5-4-12-27-24(20)23(16-18)19(2)29-17-25(10-13-28(3)14-11-25)21-6-8-22(26)9-7-21/h4-9,12,15-16,19H,10-11,13-14,17H2,1-3H3. The first-order chi connectivity index (χ1) is 14.0. The lowest BCUT2D eigenvalue weighted by atomic mass is 9.73. The lowest BCUT2D eigenvalue weighted by molar-refractivity contribution is 0.00695. The molecule has 1 aliphatic rings. The molecular weight excluding hydrogens is 363 g/mol. The predicted octanol–water partition coefficient (Wildman–Crippen LogP) is 5.42. The van der Waals surface area contributed by atoms with Crippen LogP contribution in [0.4, 0.5) is 4.39 Å². The smallest absolute Gasteiger partial charge is 0.123 e. The van der Waals surface area contributed by atoms with Gasteiger partial charge in [-0.25, -0.2) is 4.39 Å². The van der Waals surface area contributed by atoms with Crippen LogP contribution in [-0.4, -0.2) is 36.6 Å². The highest BCUT2D eigenvalue weighted by molar-refractivity contribution is 5.82. The van der Waals surface area contributed by atoms with Crippen molar-refractivity contribution in [3.8, 4) is 0 Å². The molecule has 3 nitrogen and oxygen atoms in total. The summed E-state index contributed by atoms with van der Waals surface area (Å²) in [6.07, 6.45) is 3.79. The summed E-state index contributed by atoms with van der Waals surface area (Å²) in [5.74, 6) is -0.191. The van der Waals surface area contributed by atoms with Gasteiger partial charge in [0.1, 0.15) is 5.82 Å². The van der Waals surface area contributed by atoms with Gasteiger partial charge in [-0.15, -0.1) is 0 Å². The predicted molar refractivity (Wildman–Crippen MR) is 116 cm³/mol. The van der Waals surface area contributed by atoms with E-state index in [1.54, 1.807) is 12.1 Å². The van der Waals surface area contributed by atoms with Crippen LogP contribution in [0.15, 0.2) is 54.7 Å². The number of fused-ring (bicyclic) bond motifs is 1.